The van der Waals surface area contributed by atoms with Gasteiger partial charge in [-0.15, -0.1) is 0 Å². The molecule has 0 bridgehead atoms. The number of rotatable bonds is 12. The molecule has 0 saturated heterocycles. The van der Waals surface area contributed by atoms with Gasteiger partial charge in [-0.3, -0.25) is 9.36 Å². The topological polar surface area (TPSA) is 119 Å². The monoisotopic (exact) mass is 644 g/mol. The molecule has 240 valence electrons. The highest BCUT2D eigenvalue weighted by molar-refractivity contribution is 7.07. The summed E-state index contributed by atoms with van der Waals surface area (Å²) in [4.78, 5) is 44.6. The van der Waals surface area contributed by atoms with Crippen molar-refractivity contribution in [3.05, 3.63) is 102 Å². The van der Waals surface area contributed by atoms with E-state index < -0.39 is 12.0 Å². The second kappa shape index (κ2) is 14.5. The van der Waals surface area contributed by atoms with Gasteiger partial charge in [0.25, 0.3) is 5.56 Å². The predicted octanol–water partition coefficient (Wildman–Crippen LogP) is 5.42. The van der Waals surface area contributed by atoms with E-state index in [0.29, 0.717) is 62.4 Å². The van der Waals surface area contributed by atoms with Gasteiger partial charge < -0.3 is 23.4 Å². The van der Waals surface area contributed by atoms with E-state index in [-0.39, 0.29) is 23.7 Å². The molecule has 4 aromatic rings. The number of hydrogen-bond donors (Lipinski definition) is 0. The number of allylic oxidation sites excluding steroid dienone is 1. The van der Waals surface area contributed by atoms with Crippen LogP contribution in [0.3, 0.4) is 0 Å². The first kappa shape index (κ1) is 32.5. The molecule has 0 spiro atoms. The molecule has 0 radical (unpaired) electrons. The molecule has 3 heterocycles. The number of carbonyl (C=O) groups excluding carboxylic acids is 2. The van der Waals surface area contributed by atoms with Crippen LogP contribution in [-0.4, -0.2) is 43.4 Å². The molecule has 5 rings (SSSR count). The van der Waals surface area contributed by atoms with Gasteiger partial charge in [0.1, 0.15) is 11.5 Å². The van der Waals surface area contributed by atoms with Crippen LogP contribution in [0.5, 0.6) is 11.5 Å². The number of fused-ring (bicyclic) bond motifs is 1. The summed E-state index contributed by atoms with van der Waals surface area (Å²) in [7, 11) is 1.55. The number of nitrogens with zero attached hydrogens (tertiary/aromatic N) is 2. The van der Waals surface area contributed by atoms with Gasteiger partial charge in [-0.05, 0) is 69.2 Å². The summed E-state index contributed by atoms with van der Waals surface area (Å²) in [5.41, 5.74) is 2.28. The van der Waals surface area contributed by atoms with Crippen molar-refractivity contribution in [3.8, 4) is 22.8 Å². The maximum absolute atomic E-state index is 14.0. The molecular weight excluding hydrogens is 608 g/mol. The molecule has 0 unspecified atom stereocenters. The predicted molar refractivity (Wildman–Crippen MR) is 174 cm³/mol. The average Bonchev–Trinajstić information content (AvgIpc) is 3.64. The maximum atomic E-state index is 14.0. The Hall–Kier alpha value is -4.90. The lowest BCUT2D eigenvalue weighted by Crippen LogP contribution is -2.39. The van der Waals surface area contributed by atoms with Crippen LogP contribution >= 0.6 is 11.3 Å². The van der Waals surface area contributed by atoms with Crippen LogP contribution in [-0.2, 0) is 14.3 Å². The van der Waals surface area contributed by atoms with Crippen LogP contribution < -0.4 is 24.4 Å². The minimum absolute atomic E-state index is 0.173. The number of carbonyl (C=O) groups is 2. The highest BCUT2D eigenvalue weighted by Gasteiger charge is 2.34. The summed E-state index contributed by atoms with van der Waals surface area (Å²) in [6, 6.07) is 15.1. The zero-order valence-corrected chi connectivity index (χ0v) is 27.3. The molecular formula is C35H36N2O8S. The lowest BCUT2D eigenvalue weighted by atomic mass is 9.95. The molecule has 1 aliphatic rings. The number of ether oxygens (including phenoxy) is 4. The molecule has 2 aromatic carbocycles. The lowest BCUT2D eigenvalue weighted by Gasteiger charge is -2.25. The molecule has 1 aliphatic heterocycles. The molecule has 0 saturated carbocycles. The number of methoxy groups -OCH3 is 1. The van der Waals surface area contributed by atoms with Gasteiger partial charge in [-0.2, -0.15) is 0 Å². The van der Waals surface area contributed by atoms with Crippen molar-refractivity contribution in [2.75, 3.05) is 26.9 Å². The Kier molecular flexibility index (Phi) is 10.2. The Morgan fingerprint density at radius 2 is 1.76 bits per heavy atom. The van der Waals surface area contributed by atoms with E-state index in [4.69, 9.17) is 23.4 Å². The summed E-state index contributed by atoms with van der Waals surface area (Å²) in [5, 5.41) is 0. The third-order valence-electron chi connectivity index (χ3n) is 7.36. The van der Waals surface area contributed by atoms with Crippen molar-refractivity contribution >= 4 is 29.4 Å². The summed E-state index contributed by atoms with van der Waals surface area (Å²) in [6.07, 6.45) is 3.43. The average molecular weight is 645 g/mol. The highest BCUT2D eigenvalue weighted by atomic mass is 32.1. The van der Waals surface area contributed by atoms with Gasteiger partial charge >= 0.3 is 11.9 Å². The third-order valence-corrected chi connectivity index (χ3v) is 8.34. The number of benzene rings is 2. The van der Waals surface area contributed by atoms with Crippen molar-refractivity contribution in [1.82, 2.24) is 4.57 Å². The smallest absolute Gasteiger partial charge is 0.338 e. The first-order valence-corrected chi connectivity index (χ1v) is 16.0. The van der Waals surface area contributed by atoms with Gasteiger partial charge in [0, 0.05) is 11.6 Å². The van der Waals surface area contributed by atoms with Gasteiger partial charge in [0.05, 0.1) is 54.3 Å². The minimum Gasteiger partial charge on any atom is -0.493 e. The van der Waals surface area contributed by atoms with E-state index in [9.17, 15) is 14.4 Å². The molecule has 1 atom stereocenters. The quantitative estimate of drug-likeness (QED) is 0.148. The summed E-state index contributed by atoms with van der Waals surface area (Å²) in [5.74, 6) is 1.15. The minimum atomic E-state index is -0.804. The number of hydrogen-bond acceptors (Lipinski definition) is 10. The van der Waals surface area contributed by atoms with Crippen LogP contribution in [0.4, 0.5) is 0 Å². The van der Waals surface area contributed by atoms with E-state index in [2.05, 4.69) is 4.99 Å². The van der Waals surface area contributed by atoms with E-state index in [0.717, 1.165) is 18.4 Å². The van der Waals surface area contributed by atoms with Crippen LogP contribution in [0.1, 0.15) is 68.3 Å². The van der Waals surface area contributed by atoms with Gasteiger partial charge in [-0.25, -0.2) is 14.6 Å². The third kappa shape index (κ3) is 6.69. The van der Waals surface area contributed by atoms with Gasteiger partial charge in [0.2, 0.25) is 0 Å². The number of aromatic nitrogens is 1. The van der Waals surface area contributed by atoms with Crippen molar-refractivity contribution in [3.63, 3.8) is 0 Å². The summed E-state index contributed by atoms with van der Waals surface area (Å²) in [6.45, 7) is 8.33. The zero-order valence-electron chi connectivity index (χ0n) is 26.5. The lowest BCUT2D eigenvalue weighted by molar-refractivity contribution is -0.139. The molecule has 0 N–H and O–H groups in total. The largest absolute Gasteiger partial charge is 0.493 e. The fourth-order valence-electron chi connectivity index (χ4n) is 5.12. The molecule has 46 heavy (non-hydrogen) atoms. The Balaban J connectivity index is 1.52. The number of furan rings is 1. The highest BCUT2D eigenvalue weighted by Crippen LogP contribution is 2.36. The first-order chi connectivity index (χ1) is 22.3. The Labute approximate surface area is 270 Å². The van der Waals surface area contributed by atoms with Crippen LogP contribution in [0.2, 0.25) is 0 Å². The molecule has 0 amide bonds. The van der Waals surface area contributed by atoms with Crippen LogP contribution in [0, 0.1) is 0 Å². The van der Waals surface area contributed by atoms with Crippen LogP contribution in [0.25, 0.3) is 17.4 Å². The van der Waals surface area contributed by atoms with Crippen molar-refractivity contribution < 1.29 is 33.0 Å². The first-order valence-electron chi connectivity index (χ1n) is 15.2. The maximum Gasteiger partial charge on any atom is 0.338 e. The number of thiazole rings is 1. The van der Waals surface area contributed by atoms with Gasteiger partial charge in [0.15, 0.2) is 16.3 Å². The summed E-state index contributed by atoms with van der Waals surface area (Å²) >= 11 is 1.20. The standard InChI is InChI=1S/C35H36N2O8S/c1-6-9-18-44-33(39)23-12-10-22(11-13-23)26-17-15-25(45-26)20-29-32(38)37-31(24-14-16-27(41-5)28(19-24)42-7-2)30(34(40)43-8-3)21(4)36-35(37)46-29/h10-17,19-20,31H,6-9,18H2,1-5H3/b29-20-/t31-/m1/s1. The van der Waals surface area contributed by atoms with Gasteiger partial charge in [-0.1, -0.05) is 42.9 Å². The Bertz CT molecular complexity index is 1950. The number of unbranched alkanes of at least 4 members (excludes halogenated alkanes) is 1. The molecule has 0 fully saturated rings. The van der Waals surface area contributed by atoms with E-state index >= 15 is 0 Å². The van der Waals surface area contributed by atoms with Crippen molar-refractivity contribution in [1.29, 1.82) is 0 Å². The van der Waals surface area contributed by atoms with E-state index in [1.807, 2.05) is 13.8 Å². The van der Waals surface area contributed by atoms with E-state index in [1.54, 1.807) is 81.6 Å². The molecule has 10 nitrogen and oxygen atoms in total. The fourth-order valence-corrected chi connectivity index (χ4v) is 6.14. The fraction of sp³-hybridized carbons (Fsp3) is 0.314. The molecule has 0 aliphatic carbocycles. The molecule has 11 heteroatoms. The number of esters is 2. The van der Waals surface area contributed by atoms with Crippen LogP contribution in [0.15, 0.2) is 80.1 Å². The van der Waals surface area contributed by atoms with E-state index in [1.165, 1.54) is 15.9 Å². The molecule has 2 aromatic heterocycles. The second-order valence-corrected chi connectivity index (χ2v) is 11.4. The Morgan fingerprint density at radius 1 is 0.978 bits per heavy atom. The zero-order chi connectivity index (χ0) is 32.8. The SMILES string of the molecule is CCCCOC(=O)c1ccc(-c2ccc(/C=c3\sc4n(c3=O)[C@H](c3ccc(OC)c(OCC)c3)C(C(=O)OCC)=C(C)N=4)o2)cc1. The van der Waals surface area contributed by atoms with Crippen molar-refractivity contribution in [2.24, 2.45) is 4.99 Å². The van der Waals surface area contributed by atoms with Crippen molar-refractivity contribution in [2.45, 2.75) is 46.6 Å². The normalized spacial score (nSPS) is 14.5. The summed E-state index contributed by atoms with van der Waals surface area (Å²) < 4.78 is 29.9. The Morgan fingerprint density at radius 3 is 2.46 bits per heavy atom. The second-order valence-electron chi connectivity index (χ2n) is 10.4.